The van der Waals surface area contributed by atoms with Crippen LogP contribution in [-0.2, 0) is 0 Å². The van der Waals surface area contributed by atoms with Gasteiger partial charge in [-0.2, -0.15) is 0 Å². The van der Waals surface area contributed by atoms with Crippen molar-refractivity contribution in [3.05, 3.63) is 234 Å². The lowest BCUT2D eigenvalue weighted by molar-refractivity contribution is 0.766. The van der Waals surface area contributed by atoms with E-state index in [1.807, 2.05) is 12.3 Å². The van der Waals surface area contributed by atoms with Gasteiger partial charge in [-0.15, -0.1) is 0 Å². The Hall–Kier alpha value is -7.95. The van der Waals surface area contributed by atoms with Crippen molar-refractivity contribution in [2.45, 2.75) is 25.8 Å². The van der Waals surface area contributed by atoms with Gasteiger partial charge < -0.3 is 5.32 Å². The molecule has 1 aliphatic heterocycles. The number of allylic oxidation sites excluding steroid dienone is 4. The van der Waals surface area contributed by atoms with Crippen LogP contribution in [0.5, 0.6) is 0 Å². The van der Waals surface area contributed by atoms with Crippen LogP contribution in [-0.4, -0.2) is 15.7 Å². The number of nitrogens with zero attached hydrogens (tertiary/aromatic N) is 3. The summed E-state index contributed by atoms with van der Waals surface area (Å²) in [6.07, 6.45) is 10.3. The molecule has 12 rings (SSSR count). The topological polar surface area (TPSA) is 50.2 Å². The molecule has 2 heterocycles. The summed E-state index contributed by atoms with van der Waals surface area (Å²) in [6, 6.07) is 56.8. The summed E-state index contributed by atoms with van der Waals surface area (Å²) in [5.74, 6) is 0.225. The zero-order chi connectivity index (χ0) is 42.2. The van der Waals surface area contributed by atoms with Gasteiger partial charge in [0.25, 0.3) is 0 Å². The minimum absolute atomic E-state index is 0.00604. The van der Waals surface area contributed by atoms with Gasteiger partial charge in [-0.25, -0.2) is 9.98 Å². The van der Waals surface area contributed by atoms with Crippen LogP contribution in [0.25, 0.3) is 82.8 Å². The molecular weight excluding hydrogens is 765 g/mol. The molecule has 0 bridgehead atoms. The fraction of sp³-hybridized carbons (Fsp3) is 0.0678. The van der Waals surface area contributed by atoms with Gasteiger partial charge in [0.1, 0.15) is 0 Å². The maximum Gasteiger partial charge on any atom is 0.0979 e. The Kier molecular flexibility index (Phi) is 8.55. The van der Waals surface area contributed by atoms with Crippen LogP contribution >= 0.6 is 0 Å². The van der Waals surface area contributed by atoms with Crippen LogP contribution in [0.3, 0.4) is 0 Å². The summed E-state index contributed by atoms with van der Waals surface area (Å²) in [6.45, 7) is 8.69. The van der Waals surface area contributed by atoms with Crippen LogP contribution < -0.4 is 5.32 Å². The molecule has 1 N–H and O–H groups in total. The van der Waals surface area contributed by atoms with E-state index < -0.39 is 0 Å². The van der Waals surface area contributed by atoms with Crippen molar-refractivity contribution in [1.29, 1.82) is 0 Å². The summed E-state index contributed by atoms with van der Waals surface area (Å²) < 4.78 is 0. The minimum atomic E-state index is 0.00604. The molecule has 0 saturated heterocycles. The predicted octanol–water partition coefficient (Wildman–Crippen LogP) is 14.6. The lowest BCUT2D eigenvalue weighted by Crippen LogP contribution is -2.32. The first-order valence-corrected chi connectivity index (χ1v) is 21.8. The van der Waals surface area contributed by atoms with Crippen LogP contribution in [0, 0.1) is 0 Å². The van der Waals surface area contributed by atoms with Crippen molar-refractivity contribution in [3.8, 4) is 44.6 Å². The van der Waals surface area contributed by atoms with Crippen molar-refractivity contribution in [2.75, 3.05) is 0 Å². The SMILES string of the molecule is C=C/C(=C\C(=C/C)C1=CNC2C(=N1)c1ccccc1-c1ccccc12)c1ccc2c(c1)C(C)c1cc(-c3cccc(-c4cnc5c6ccccc6c6ccccc6c5n4)c3)ccc1-2. The van der Waals surface area contributed by atoms with E-state index in [9.17, 15) is 0 Å². The van der Waals surface area contributed by atoms with Gasteiger partial charge in [-0.05, 0) is 109 Å². The Morgan fingerprint density at radius 1 is 0.571 bits per heavy atom. The first-order valence-electron chi connectivity index (χ1n) is 21.8. The second-order valence-corrected chi connectivity index (χ2v) is 16.8. The highest BCUT2D eigenvalue weighted by molar-refractivity contribution is 6.23. The monoisotopic (exact) mass is 806 g/mol. The van der Waals surface area contributed by atoms with E-state index in [2.05, 4.69) is 202 Å². The Labute approximate surface area is 367 Å². The zero-order valence-corrected chi connectivity index (χ0v) is 35.1. The molecule has 2 unspecified atom stereocenters. The van der Waals surface area contributed by atoms with E-state index in [4.69, 9.17) is 15.0 Å². The van der Waals surface area contributed by atoms with Crippen LogP contribution in [0.4, 0.5) is 0 Å². The van der Waals surface area contributed by atoms with E-state index in [-0.39, 0.29) is 12.0 Å². The summed E-state index contributed by atoms with van der Waals surface area (Å²) in [4.78, 5) is 15.6. The zero-order valence-electron chi connectivity index (χ0n) is 35.1. The summed E-state index contributed by atoms with van der Waals surface area (Å²) in [5, 5.41) is 8.35. The number of aliphatic imine (C=N–C) groups is 1. The van der Waals surface area contributed by atoms with E-state index in [0.717, 1.165) is 66.7 Å². The first-order chi connectivity index (χ1) is 31.1. The largest absolute Gasteiger partial charge is 0.377 e. The number of hydrogen-bond donors (Lipinski definition) is 1. The van der Waals surface area contributed by atoms with Gasteiger partial charge in [0.05, 0.1) is 40.4 Å². The molecule has 2 aliphatic carbocycles. The molecule has 298 valence electrons. The molecule has 9 aromatic rings. The van der Waals surface area contributed by atoms with Crippen molar-refractivity contribution in [1.82, 2.24) is 15.3 Å². The second kappa shape index (κ2) is 14.6. The molecule has 4 nitrogen and oxygen atoms in total. The lowest BCUT2D eigenvalue weighted by Gasteiger charge is -2.32. The Morgan fingerprint density at radius 2 is 1.21 bits per heavy atom. The lowest BCUT2D eigenvalue weighted by atomic mass is 9.80. The van der Waals surface area contributed by atoms with E-state index >= 15 is 0 Å². The molecule has 0 radical (unpaired) electrons. The normalized spacial score (nSPS) is 16.3. The third-order valence-electron chi connectivity index (χ3n) is 13.4. The molecule has 3 aliphatic rings. The van der Waals surface area contributed by atoms with Gasteiger partial charge in [0.2, 0.25) is 0 Å². The molecule has 63 heavy (non-hydrogen) atoms. The molecular formula is C59H42N4. The maximum atomic E-state index is 5.34. The highest BCUT2D eigenvalue weighted by Gasteiger charge is 2.32. The summed E-state index contributed by atoms with van der Waals surface area (Å²) in [5.41, 5.74) is 21.5. The maximum absolute atomic E-state index is 5.34. The summed E-state index contributed by atoms with van der Waals surface area (Å²) >= 11 is 0. The number of fused-ring (bicyclic) bond motifs is 15. The quantitative estimate of drug-likeness (QED) is 0.134. The molecule has 2 atom stereocenters. The average Bonchev–Trinajstić information content (AvgIpc) is 3.63. The van der Waals surface area contributed by atoms with Crippen molar-refractivity contribution >= 4 is 43.9 Å². The van der Waals surface area contributed by atoms with Gasteiger partial charge in [-0.1, -0.05) is 165 Å². The number of hydrogen-bond acceptors (Lipinski definition) is 4. The third-order valence-corrected chi connectivity index (χ3v) is 13.4. The molecule has 0 fully saturated rings. The number of aromatic nitrogens is 2. The first kappa shape index (κ1) is 36.9. The van der Waals surface area contributed by atoms with E-state index in [1.54, 1.807) is 0 Å². The van der Waals surface area contributed by atoms with Crippen molar-refractivity contribution < 1.29 is 0 Å². The van der Waals surface area contributed by atoms with Gasteiger partial charge in [0.15, 0.2) is 0 Å². The highest BCUT2D eigenvalue weighted by atomic mass is 15.0. The highest BCUT2D eigenvalue weighted by Crippen LogP contribution is 2.47. The van der Waals surface area contributed by atoms with E-state index in [1.165, 1.54) is 60.8 Å². The molecule has 0 saturated carbocycles. The van der Waals surface area contributed by atoms with Crippen LogP contribution in [0.15, 0.2) is 211 Å². The molecule has 8 aromatic carbocycles. The van der Waals surface area contributed by atoms with Gasteiger partial charge in [-0.3, -0.25) is 4.98 Å². The fourth-order valence-corrected chi connectivity index (χ4v) is 10.2. The minimum Gasteiger partial charge on any atom is -0.377 e. The van der Waals surface area contributed by atoms with Crippen LogP contribution in [0.2, 0.25) is 0 Å². The number of benzene rings is 8. The third kappa shape index (κ3) is 5.86. The van der Waals surface area contributed by atoms with Crippen LogP contribution in [0.1, 0.15) is 53.6 Å². The molecule has 1 aromatic heterocycles. The molecule has 4 heteroatoms. The van der Waals surface area contributed by atoms with Crippen molar-refractivity contribution in [3.63, 3.8) is 0 Å². The number of nitrogens with one attached hydrogen (secondary N) is 1. The van der Waals surface area contributed by atoms with Gasteiger partial charge >= 0.3 is 0 Å². The Bertz CT molecular complexity index is 3510. The fourth-order valence-electron chi connectivity index (χ4n) is 10.2. The van der Waals surface area contributed by atoms with E-state index in [0.29, 0.717) is 0 Å². The number of rotatable bonds is 6. The standard InChI is InChI=1S/C59H42N4/c1-4-36(29-37(5-2)54-33-60-56-48-21-10-6-17-42(48)44-19-8-12-23-50(44)58(56)62-54)39-25-27-46-47-28-26-40(32-53(47)35(3)52(46)31-39)38-15-14-16-41(30-38)55-34-61-57-49-22-11-7-18-43(49)45-20-9-13-24-51(45)59(57)63-55/h4-35,56,60H,1H2,2-3H3/b36-29+,37-5+. The summed E-state index contributed by atoms with van der Waals surface area (Å²) in [7, 11) is 0. The van der Waals surface area contributed by atoms with Crippen molar-refractivity contribution in [2.24, 2.45) is 4.99 Å². The average molecular weight is 807 g/mol. The smallest absolute Gasteiger partial charge is 0.0979 e. The Balaban J connectivity index is 0.844. The second-order valence-electron chi connectivity index (χ2n) is 16.8. The molecule has 0 spiro atoms. The van der Waals surface area contributed by atoms with Gasteiger partial charge in [0, 0.05) is 34.0 Å². The molecule has 0 amide bonds. The Morgan fingerprint density at radius 3 is 1.98 bits per heavy atom. The predicted molar refractivity (Wildman–Crippen MR) is 263 cm³/mol.